The van der Waals surface area contributed by atoms with Gasteiger partial charge >= 0.3 is 5.97 Å². The first kappa shape index (κ1) is 15.0. The van der Waals surface area contributed by atoms with Crippen LogP contribution in [0.1, 0.15) is 30.6 Å². The average Bonchev–Trinajstić information content (AvgIpc) is 2.93. The third kappa shape index (κ3) is 3.59. The highest BCUT2D eigenvalue weighted by atomic mass is 16.5. The fourth-order valence-corrected chi connectivity index (χ4v) is 2.14. The van der Waals surface area contributed by atoms with E-state index >= 15 is 0 Å². The summed E-state index contributed by atoms with van der Waals surface area (Å²) in [6.07, 6.45) is 2.48. The Morgan fingerprint density at radius 3 is 2.86 bits per heavy atom. The van der Waals surface area contributed by atoms with Gasteiger partial charge < -0.3 is 9.64 Å². The summed E-state index contributed by atoms with van der Waals surface area (Å²) in [7, 11) is 0. The first-order chi connectivity index (χ1) is 10.2. The molecule has 1 amide bonds. The maximum absolute atomic E-state index is 12.5. The number of rotatable bonds is 6. The Morgan fingerprint density at radius 1 is 1.33 bits per heavy atom. The Balaban J connectivity index is 2.18. The molecule has 0 aliphatic carbocycles. The number of aromatic nitrogens is 2. The second-order valence-corrected chi connectivity index (χ2v) is 4.70. The summed E-state index contributed by atoms with van der Waals surface area (Å²) in [5, 5.41) is 7.71. The number of esters is 1. The lowest BCUT2D eigenvalue weighted by Crippen LogP contribution is -2.37. The Morgan fingerprint density at radius 2 is 2.14 bits per heavy atom. The number of hydrogen-bond donors (Lipinski definition) is 1. The van der Waals surface area contributed by atoms with Crippen molar-refractivity contribution >= 4 is 22.8 Å². The number of aromatic amines is 1. The summed E-state index contributed by atoms with van der Waals surface area (Å²) in [6, 6.07) is 5.33. The van der Waals surface area contributed by atoms with Crippen LogP contribution in [-0.4, -0.2) is 46.7 Å². The van der Waals surface area contributed by atoms with Crippen LogP contribution in [0.25, 0.3) is 10.9 Å². The molecule has 0 atom stereocenters. The molecule has 21 heavy (non-hydrogen) atoms. The molecule has 6 nitrogen and oxygen atoms in total. The van der Waals surface area contributed by atoms with Crippen molar-refractivity contribution in [2.45, 2.75) is 20.3 Å². The lowest BCUT2D eigenvalue weighted by Gasteiger charge is -2.21. The van der Waals surface area contributed by atoms with Crippen LogP contribution in [-0.2, 0) is 9.53 Å². The predicted octanol–water partition coefficient (Wildman–Crippen LogP) is 1.98. The fourth-order valence-electron chi connectivity index (χ4n) is 2.14. The Kier molecular flexibility index (Phi) is 4.92. The van der Waals surface area contributed by atoms with Crippen LogP contribution in [0.15, 0.2) is 24.4 Å². The highest BCUT2D eigenvalue weighted by Gasteiger charge is 2.19. The highest BCUT2D eigenvalue weighted by molar-refractivity contribution is 5.99. The summed E-state index contributed by atoms with van der Waals surface area (Å²) in [5.74, 6) is -0.566. The summed E-state index contributed by atoms with van der Waals surface area (Å²) >= 11 is 0. The summed E-state index contributed by atoms with van der Waals surface area (Å²) in [5.41, 5.74) is 1.33. The van der Waals surface area contributed by atoms with Gasteiger partial charge in [0, 0.05) is 17.5 Å². The molecule has 2 aromatic rings. The average molecular weight is 289 g/mol. The van der Waals surface area contributed by atoms with Gasteiger partial charge in [-0.2, -0.15) is 5.10 Å². The number of hydrogen-bond acceptors (Lipinski definition) is 4. The van der Waals surface area contributed by atoms with E-state index in [1.54, 1.807) is 25.3 Å². The molecule has 0 fully saturated rings. The molecule has 2 rings (SSSR count). The first-order valence-electron chi connectivity index (χ1n) is 7.03. The van der Waals surface area contributed by atoms with Gasteiger partial charge in [-0.05, 0) is 25.5 Å². The molecule has 0 radical (unpaired) electrons. The minimum atomic E-state index is -0.387. The smallest absolute Gasteiger partial charge is 0.325 e. The van der Waals surface area contributed by atoms with Crippen molar-refractivity contribution in [2.75, 3.05) is 19.7 Å². The van der Waals surface area contributed by atoms with Crippen molar-refractivity contribution in [1.29, 1.82) is 0 Å². The largest absolute Gasteiger partial charge is 0.465 e. The second-order valence-electron chi connectivity index (χ2n) is 4.70. The third-order valence-electron chi connectivity index (χ3n) is 3.09. The van der Waals surface area contributed by atoms with Crippen LogP contribution in [0.5, 0.6) is 0 Å². The quantitative estimate of drug-likeness (QED) is 0.825. The van der Waals surface area contributed by atoms with Gasteiger partial charge in [0.15, 0.2) is 0 Å². The maximum Gasteiger partial charge on any atom is 0.325 e. The van der Waals surface area contributed by atoms with E-state index in [0.29, 0.717) is 18.7 Å². The molecule has 1 aromatic carbocycles. The number of nitrogens with one attached hydrogen (secondary N) is 1. The number of benzene rings is 1. The minimum Gasteiger partial charge on any atom is -0.465 e. The molecular formula is C15H19N3O3. The van der Waals surface area contributed by atoms with E-state index < -0.39 is 0 Å². The molecule has 0 bridgehead atoms. The second kappa shape index (κ2) is 6.88. The number of ether oxygens (including phenoxy) is 1. The van der Waals surface area contributed by atoms with Crippen LogP contribution in [0, 0.1) is 0 Å². The first-order valence-corrected chi connectivity index (χ1v) is 7.03. The molecule has 0 aliphatic heterocycles. The molecule has 0 unspecified atom stereocenters. The summed E-state index contributed by atoms with van der Waals surface area (Å²) in [6.45, 7) is 4.51. The van der Waals surface area contributed by atoms with Crippen LogP contribution < -0.4 is 0 Å². The van der Waals surface area contributed by atoms with Gasteiger partial charge in [0.05, 0.1) is 18.3 Å². The van der Waals surface area contributed by atoms with Crippen molar-refractivity contribution in [3.63, 3.8) is 0 Å². The Bertz CT molecular complexity index is 636. The standard InChI is InChI=1S/C15H19N3O3/c1-3-7-18(10-14(19)21-4-2)15(20)11-5-6-12-9-16-17-13(12)8-11/h5-6,8-9H,3-4,7,10H2,1-2H3,(H,16,17). The van der Waals surface area contributed by atoms with Crippen molar-refractivity contribution in [2.24, 2.45) is 0 Å². The molecule has 1 N–H and O–H groups in total. The molecule has 6 heteroatoms. The molecule has 0 spiro atoms. The zero-order chi connectivity index (χ0) is 15.2. The van der Waals surface area contributed by atoms with E-state index in [-0.39, 0.29) is 18.4 Å². The van der Waals surface area contributed by atoms with Gasteiger partial charge in [-0.3, -0.25) is 14.7 Å². The SMILES string of the molecule is CCCN(CC(=O)OCC)C(=O)c1ccc2cn[nH]c2c1. The zero-order valence-corrected chi connectivity index (χ0v) is 12.3. The molecule has 112 valence electrons. The van der Waals surface area contributed by atoms with Crippen LogP contribution in [0.2, 0.25) is 0 Å². The number of carbonyl (C=O) groups excluding carboxylic acids is 2. The summed E-state index contributed by atoms with van der Waals surface area (Å²) in [4.78, 5) is 25.6. The van der Waals surface area contributed by atoms with E-state index in [1.807, 2.05) is 13.0 Å². The Labute approximate surface area is 123 Å². The monoisotopic (exact) mass is 289 g/mol. The van der Waals surface area contributed by atoms with E-state index in [4.69, 9.17) is 4.74 Å². The van der Waals surface area contributed by atoms with Crippen molar-refractivity contribution in [3.8, 4) is 0 Å². The van der Waals surface area contributed by atoms with Crippen LogP contribution >= 0.6 is 0 Å². The normalized spacial score (nSPS) is 10.6. The molecular weight excluding hydrogens is 270 g/mol. The molecule has 1 aromatic heterocycles. The van der Waals surface area contributed by atoms with Gasteiger partial charge in [-0.15, -0.1) is 0 Å². The molecule has 1 heterocycles. The van der Waals surface area contributed by atoms with E-state index in [0.717, 1.165) is 17.3 Å². The number of H-pyrrole nitrogens is 1. The molecule has 0 aliphatic rings. The van der Waals surface area contributed by atoms with Crippen LogP contribution in [0.4, 0.5) is 0 Å². The van der Waals surface area contributed by atoms with Gasteiger partial charge in [-0.1, -0.05) is 13.0 Å². The molecule has 0 saturated carbocycles. The van der Waals surface area contributed by atoms with Gasteiger partial charge in [0.25, 0.3) is 5.91 Å². The highest BCUT2D eigenvalue weighted by Crippen LogP contribution is 2.14. The zero-order valence-electron chi connectivity index (χ0n) is 12.3. The van der Waals surface area contributed by atoms with Crippen molar-refractivity contribution in [1.82, 2.24) is 15.1 Å². The van der Waals surface area contributed by atoms with Gasteiger partial charge in [-0.25, -0.2) is 0 Å². The fraction of sp³-hybridized carbons (Fsp3) is 0.400. The van der Waals surface area contributed by atoms with Crippen molar-refractivity contribution < 1.29 is 14.3 Å². The predicted molar refractivity (Wildman–Crippen MR) is 78.9 cm³/mol. The number of nitrogens with zero attached hydrogens (tertiary/aromatic N) is 2. The van der Waals surface area contributed by atoms with Gasteiger partial charge in [0.1, 0.15) is 6.54 Å². The van der Waals surface area contributed by atoms with Crippen LogP contribution in [0.3, 0.4) is 0 Å². The Hall–Kier alpha value is -2.37. The minimum absolute atomic E-state index is 0.0263. The van der Waals surface area contributed by atoms with Gasteiger partial charge in [0.2, 0.25) is 0 Å². The number of carbonyl (C=O) groups is 2. The lowest BCUT2D eigenvalue weighted by atomic mass is 10.1. The third-order valence-corrected chi connectivity index (χ3v) is 3.09. The topological polar surface area (TPSA) is 75.3 Å². The lowest BCUT2D eigenvalue weighted by molar-refractivity contribution is -0.143. The number of amides is 1. The summed E-state index contributed by atoms with van der Waals surface area (Å²) < 4.78 is 4.91. The van der Waals surface area contributed by atoms with E-state index in [9.17, 15) is 9.59 Å². The maximum atomic E-state index is 12.5. The van der Waals surface area contributed by atoms with E-state index in [2.05, 4.69) is 10.2 Å². The van der Waals surface area contributed by atoms with Crippen molar-refractivity contribution in [3.05, 3.63) is 30.0 Å². The number of fused-ring (bicyclic) bond motifs is 1. The molecule has 0 saturated heterocycles. The van der Waals surface area contributed by atoms with E-state index in [1.165, 1.54) is 4.90 Å².